The van der Waals surface area contributed by atoms with E-state index in [1.165, 1.54) is 7.11 Å². The number of rotatable bonds is 7. The van der Waals surface area contributed by atoms with Gasteiger partial charge in [0.1, 0.15) is 5.76 Å². The summed E-state index contributed by atoms with van der Waals surface area (Å²) in [5.74, 6) is 0.402. The highest BCUT2D eigenvalue weighted by molar-refractivity contribution is 5.78. The van der Waals surface area contributed by atoms with Gasteiger partial charge >= 0.3 is 5.97 Å². The normalized spacial score (nSPS) is 12.3. The van der Waals surface area contributed by atoms with E-state index in [0.717, 1.165) is 17.9 Å². The van der Waals surface area contributed by atoms with Crippen molar-refractivity contribution in [1.82, 2.24) is 4.90 Å². The quantitative estimate of drug-likeness (QED) is 0.734. The van der Waals surface area contributed by atoms with Gasteiger partial charge in [-0.05, 0) is 24.2 Å². The van der Waals surface area contributed by atoms with Crippen LogP contribution in [-0.2, 0) is 16.1 Å². The third-order valence-electron chi connectivity index (χ3n) is 3.54. The summed E-state index contributed by atoms with van der Waals surface area (Å²) < 4.78 is 10.3. The predicted octanol–water partition coefficient (Wildman–Crippen LogP) is 3.06. The molecule has 0 aliphatic rings. The van der Waals surface area contributed by atoms with Crippen LogP contribution in [-0.4, -0.2) is 31.1 Å². The van der Waals surface area contributed by atoms with Crippen LogP contribution in [0, 0.1) is 0 Å². The molecular weight excluding hydrogens is 266 g/mol. The minimum atomic E-state index is -0.286. The Morgan fingerprint density at radius 3 is 2.57 bits per heavy atom. The topological polar surface area (TPSA) is 42.7 Å². The second-order valence-corrected chi connectivity index (χ2v) is 4.89. The molecule has 1 aromatic carbocycles. The lowest BCUT2D eigenvalue weighted by Gasteiger charge is -2.24. The van der Waals surface area contributed by atoms with Crippen LogP contribution in [0.4, 0.5) is 0 Å². The number of ether oxygens (including phenoxy) is 1. The van der Waals surface area contributed by atoms with E-state index in [2.05, 4.69) is 11.8 Å². The Hall–Kier alpha value is -2.07. The van der Waals surface area contributed by atoms with Gasteiger partial charge in [-0.1, -0.05) is 37.3 Å². The van der Waals surface area contributed by atoms with Gasteiger partial charge in [-0.3, -0.25) is 9.69 Å². The van der Waals surface area contributed by atoms with Crippen molar-refractivity contribution in [2.45, 2.75) is 19.4 Å². The van der Waals surface area contributed by atoms with Crippen molar-refractivity contribution in [2.75, 3.05) is 20.2 Å². The van der Waals surface area contributed by atoms with Crippen molar-refractivity contribution in [3.8, 4) is 0 Å². The van der Waals surface area contributed by atoms with Crippen LogP contribution < -0.4 is 0 Å². The predicted molar refractivity (Wildman–Crippen MR) is 80.9 cm³/mol. The van der Waals surface area contributed by atoms with Gasteiger partial charge in [0.15, 0.2) is 0 Å². The first-order chi connectivity index (χ1) is 10.2. The van der Waals surface area contributed by atoms with E-state index >= 15 is 0 Å². The Labute approximate surface area is 125 Å². The first-order valence-corrected chi connectivity index (χ1v) is 7.12. The lowest BCUT2D eigenvalue weighted by Crippen LogP contribution is -2.32. The summed E-state index contributed by atoms with van der Waals surface area (Å²) in [6, 6.07) is 13.6. The van der Waals surface area contributed by atoms with Gasteiger partial charge in [0.2, 0.25) is 0 Å². The molecule has 2 rings (SSSR count). The summed E-state index contributed by atoms with van der Waals surface area (Å²) in [6.07, 6.45) is 1.66. The molecule has 0 spiro atoms. The fourth-order valence-electron chi connectivity index (χ4n) is 2.33. The number of likely N-dealkylation sites (N-methyl/N-ethyl adjacent to an activating group) is 1. The monoisotopic (exact) mass is 287 g/mol. The van der Waals surface area contributed by atoms with E-state index in [4.69, 9.17) is 9.15 Å². The number of esters is 1. The average molecular weight is 287 g/mol. The minimum absolute atomic E-state index is 0.209. The molecule has 0 saturated carbocycles. The summed E-state index contributed by atoms with van der Waals surface area (Å²) in [4.78, 5) is 14.3. The zero-order valence-corrected chi connectivity index (χ0v) is 12.5. The zero-order chi connectivity index (χ0) is 15.1. The van der Waals surface area contributed by atoms with E-state index in [1.54, 1.807) is 6.26 Å². The van der Waals surface area contributed by atoms with E-state index in [9.17, 15) is 4.79 Å². The highest BCUT2D eigenvalue weighted by Crippen LogP contribution is 2.20. The van der Waals surface area contributed by atoms with Crippen molar-refractivity contribution >= 4 is 5.97 Å². The molecule has 1 atom stereocenters. The zero-order valence-electron chi connectivity index (χ0n) is 12.5. The maximum Gasteiger partial charge on any atom is 0.314 e. The van der Waals surface area contributed by atoms with E-state index in [1.807, 2.05) is 42.5 Å². The summed E-state index contributed by atoms with van der Waals surface area (Å²) >= 11 is 0. The van der Waals surface area contributed by atoms with Crippen LogP contribution in [0.5, 0.6) is 0 Å². The van der Waals surface area contributed by atoms with Crippen LogP contribution in [0.2, 0.25) is 0 Å². The van der Waals surface area contributed by atoms with Crippen LogP contribution in [0.1, 0.15) is 24.2 Å². The third kappa shape index (κ3) is 4.20. The van der Waals surface area contributed by atoms with Gasteiger partial charge < -0.3 is 9.15 Å². The van der Waals surface area contributed by atoms with Crippen LogP contribution >= 0.6 is 0 Å². The summed E-state index contributed by atoms with van der Waals surface area (Å²) in [7, 11) is 1.43. The molecule has 0 N–H and O–H groups in total. The van der Waals surface area contributed by atoms with Crippen molar-refractivity contribution in [3.05, 3.63) is 60.1 Å². The minimum Gasteiger partial charge on any atom is -0.469 e. The van der Waals surface area contributed by atoms with E-state index in [0.29, 0.717) is 13.1 Å². The average Bonchev–Trinajstić information content (AvgIpc) is 3.04. The van der Waals surface area contributed by atoms with Gasteiger partial charge in [-0.25, -0.2) is 0 Å². The number of methoxy groups -OCH3 is 1. The molecule has 1 aromatic heterocycles. The number of carbonyl (C=O) groups is 1. The number of nitrogens with zero attached hydrogens (tertiary/aromatic N) is 1. The van der Waals surface area contributed by atoms with Gasteiger partial charge in [0, 0.05) is 6.54 Å². The fraction of sp³-hybridized carbons (Fsp3) is 0.353. The first kappa shape index (κ1) is 15.3. The number of hydrogen-bond acceptors (Lipinski definition) is 4. The highest BCUT2D eigenvalue weighted by atomic mass is 16.5. The summed E-state index contributed by atoms with van der Waals surface area (Å²) in [6.45, 7) is 4.20. The molecule has 0 aliphatic carbocycles. The van der Waals surface area contributed by atoms with Gasteiger partial charge in [-0.2, -0.15) is 0 Å². The van der Waals surface area contributed by atoms with Crippen molar-refractivity contribution in [3.63, 3.8) is 0 Å². The first-order valence-electron chi connectivity index (χ1n) is 7.12. The van der Waals surface area contributed by atoms with E-state index in [-0.39, 0.29) is 11.9 Å². The Morgan fingerprint density at radius 1 is 1.24 bits per heavy atom. The number of carbonyl (C=O) groups excluding carboxylic acids is 1. The van der Waals surface area contributed by atoms with Crippen molar-refractivity contribution in [2.24, 2.45) is 0 Å². The Balaban J connectivity index is 2.11. The molecule has 1 heterocycles. The summed E-state index contributed by atoms with van der Waals surface area (Å²) in [5.41, 5.74) is 0.974. The highest BCUT2D eigenvalue weighted by Gasteiger charge is 2.24. The number of benzene rings is 1. The Kier molecular flexibility index (Phi) is 5.58. The second kappa shape index (κ2) is 7.64. The molecule has 21 heavy (non-hydrogen) atoms. The standard InChI is InChI=1S/C17H21NO3/c1-3-18(12-15-10-7-11-21-15)13-16(17(19)20-2)14-8-5-4-6-9-14/h4-11,16H,3,12-13H2,1-2H3. The fourth-order valence-corrected chi connectivity index (χ4v) is 2.33. The van der Waals surface area contributed by atoms with Gasteiger partial charge in [-0.15, -0.1) is 0 Å². The van der Waals surface area contributed by atoms with Gasteiger partial charge in [0.05, 0.1) is 25.8 Å². The largest absolute Gasteiger partial charge is 0.469 e. The Morgan fingerprint density at radius 2 is 2.00 bits per heavy atom. The molecule has 0 aliphatic heterocycles. The molecule has 0 radical (unpaired) electrons. The molecule has 0 saturated heterocycles. The Bertz CT molecular complexity index is 536. The molecule has 2 aromatic rings. The molecule has 112 valence electrons. The summed E-state index contributed by atoms with van der Waals surface area (Å²) in [5, 5.41) is 0. The number of hydrogen-bond donors (Lipinski definition) is 0. The van der Waals surface area contributed by atoms with Crippen LogP contribution in [0.15, 0.2) is 53.1 Å². The van der Waals surface area contributed by atoms with Crippen LogP contribution in [0.3, 0.4) is 0 Å². The SMILES string of the molecule is CCN(Cc1ccco1)CC(C(=O)OC)c1ccccc1. The third-order valence-corrected chi connectivity index (χ3v) is 3.54. The number of furan rings is 1. The molecule has 0 bridgehead atoms. The molecular formula is C17H21NO3. The maximum absolute atomic E-state index is 12.1. The molecule has 0 fully saturated rings. The molecule has 4 heteroatoms. The molecule has 0 amide bonds. The maximum atomic E-state index is 12.1. The lowest BCUT2D eigenvalue weighted by atomic mass is 9.98. The lowest BCUT2D eigenvalue weighted by molar-refractivity contribution is -0.143. The molecule has 1 unspecified atom stereocenters. The second-order valence-electron chi connectivity index (χ2n) is 4.89. The smallest absolute Gasteiger partial charge is 0.314 e. The van der Waals surface area contributed by atoms with Gasteiger partial charge in [0.25, 0.3) is 0 Å². The molecule has 4 nitrogen and oxygen atoms in total. The van der Waals surface area contributed by atoms with Crippen molar-refractivity contribution < 1.29 is 13.9 Å². The van der Waals surface area contributed by atoms with Crippen molar-refractivity contribution in [1.29, 1.82) is 0 Å². The van der Waals surface area contributed by atoms with E-state index < -0.39 is 0 Å². The van der Waals surface area contributed by atoms with Crippen LogP contribution in [0.25, 0.3) is 0 Å².